The van der Waals surface area contributed by atoms with Gasteiger partial charge >= 0.3 is 0 Å². The van der Waals surface area contributed by atoms with Gasteiger partial charge in [0.05, 0.1) is 11.1 Å². The number of rotatable bonds is 3. The van der Waals surface area contributed by atoms with Crippen molar-refractivity contribution in [2.75, 3.05) is 18.5 Å². The van der Waals surface area contributed by atoms with Crippen LogP contribution in [-0.4, -0.2) is 33.5 Å². The Balaban J connectivity index is 1.73. The number of nitroso groups, excluding NO2 is 1. The summed E-state index contributed by atoms with van der Waals surface area (Å²) in [5, 5.41) is 4.09. The molecule has 0 aromatic carbocycles. The third-order valence-corrected chi connectivity index (χ3v) is 5.06. The highest BCUT2D eigenvalue weighted by Gasteiger charge is 2.27. The van der Waals surface area contributed by atoms with Gasteiger partial charge in [-0.25, -0.2) is 15.0 Å². The molecule has 0 fully saturated rings. The number of pyridine rings is 1. The fourth-order valence-electron chi connectivity index (χ4n) is 2.71. The van der Waals surface area contributed by atoms with E-state index in [1.165, 1.54) is 11.3 Å². The molecule has 0 spiro atoms. The van der Waals surface area contributed by atoms with Crippen molar-refractivity contribution in [3.63, 3.8) is 0 Å². The standard InChI is InChI=1S/C16H14N6OS/c1-22-6-4-11(21-23)14-15(22)18-8-12(20-14)13-9-19-16(24-13)10-3-2-5-17-7-10/h2-3,5,7-9,11H,4,6H2,1H3. The Labute approximate surface area is 142 Å². The zero-order chi connectivity index (χ0) is 16.5. The molecule has 1 aliphatic heterocycles. The van der Waals surface area contributed by atoms with E-state index in [4.69, 9.17) is 0 Å². The molecule has 120 valence electrons. The molecule has 24 heavy (non-hydrogen) atoms. The van der Waals surface area contributed by atoms with E-state index in [2.05, 4.69) is 25.1 Å². The smallest absolute Gasteiger partial charge is 0.152 e. The molecule has 8 heteroatoms. The van der Waals surface area contributed by atoms with Crippen LogP contribution in [0, 0.1) is 4.91 Å². The van der Waals surface area contributed by atoms with Gasteiger partial charge in [0, 0.05) is 37.7 Å². The lowest BCUT2D eigenvalue weighted by Crippen LogP contribution is -2.28. The zero-order valence-corrected chi connectivity index (χ0v) is 13.8. The van der Waals surface area contributed by atoms with Crippen molar-refractivity contribution in [3.05, 3.63) is 47.5 Å². The van der Waals surface area contributed by atoms with Crippen molar-refractivity contribution in [1.82, 2.24) is 19.9 Å². The number of aromatic nitrogens is 4. The van der Waals surface area contributed by atoms with Crippen LogP contribution in [0.3, 0.4) is 0 Å². The van der Waals surface area contributed by atoms with E-state index in [1.54, 1.807) is 24.8 Å². The summed E-state index contributed by atoms with van der Waals surface area (Å²) in [6, 6.07) is 3.41. The number of nitrogens with zero attached hydrogens (tertiary/aromatic N) is 6. The number of thiazole rings is 1. The second-order valence-electron chi connectivity index (χ2n) is 5.57. The van der Waals surface area contributed by atoms with Crippen LogP contribution in [0.25, 0.3) is 21.1 Å². The molecule has 3 aromatic rings. The summed E-state index contributed by atoms with van der Waals surface area (Å²) in [7, 11) is 1.95. The van der Waals surface area contributed by atoms with Crippen molar-refractivity contribution < 1.29 is 0 Å². The summed E-state index contributed by atoms with van der Waals surface area (Å²) in [5.74, 6) is 0.728. The van der Waals surface area contributed by atoms with Gasteiger partial charge in [-0.3, -0.25) is 4.98 Å². The third-order valence-electron chi connectivity index (χ3n) is 3.99. The number of fused-ring (bicyclic) bond motifs is 1. The van der Waals surface area contributed by atoms with Crippen LogP contribution in [0.2, 0.25) is 0 Å². The Kier molecular flexibility index (Phi) is 3.73. The minimum atomic E-state index is -0.436. The molecule has 0 radical (unpaired) electrons. The number of hydrogen-bond acceptors (Lipinski definition) is 8. The van der Waals surface area contributed by atoms with Crippen LogP contribution < -0.4 is 4.90 Å². The van der Waals surface area contributed by atoms with Crippen LogP contribution in [0.15, 0.2) is 42.1 Å². The predicted molar refractivity (Wildman–Crippen MR) is 92.8 cm³/mol. The van der Waals surface area contributed by atoms with E-state index in [9.17, 15) is 4.91 Å². The van der Waals surface area contributed by atoms with E-state index in [1.807, 2.05) is 24.1 Å². The van der Waals surface area contributed by atoms with Crippen molar-refractivity contribution in [1.29, 1.82) is 0 Å². The molecular weight excluding hydrogens is 324 g/mol. The molecule has 0 aliphatic carbocycles. The van der Waals surface area contributed by atoms with Gasteiger partial charge in [0.1, 0.15) is 22.4 Å². The van der Waals surface area contributed by atoms with Crippen LogP contribution in [0.4, 0.5) is 5.82 Å². The Morgan fingerprint density at radius 2 is 2.21 bits per heavy atom. The van der Waals surface area contributed by atoms with E-state index >= 15 is 0 Å². The molecule has 0 saturated heterocycles. The Hall–Kier alpha value is -2.74. The molecule has 4 heterocycles. The first-order valence-electron chi connectivity index (χ1n) is 7.53. The zero-order valence-electron chi connectivity index (χ0n) is 13.0. The normalized spacial score (nSPS) is 16.7. The second kappa shape index (κ2) is 6.04. The van der Waals surface area contributed by atoms with Gasteiger partial charge in [-0.2, -0.15) is 4.91 Å². The first kappa shape index (κ1) is 14.8. The molecule has 1 aliphatic rings. The highest BCUT2D eigenvalue weighted by Crippen LogP contribution is 2.36. The second-order valence-corrected chi connectivity index (χ2v) is 6.60. The molecular formula is C16H14N6OS. The summed E-state index contributed by atoms with van der Waals surface area (Å²) in [6.45, 7) is 0.753. The minimum absolute atomic E-state index is 0.436. The van der Waals surface area contributed by atoms with Crippen LogP contribution in [0.5, 0.6) is 0 Å². The van der Waals surface area contributed by atoms with Gasteiger partial charge in [-0.15, -0.1) is 11.3 Å². The first-order valence-corrected chi connectivity index (χ1v) is 8.35. The van der Waals surface area contributed by atoms with Gasteiger partial charge in [0.15, 0.2) is 5.82 Å². The number of hydrogen-bond donors (Lipinski definition) is 0. The molecule has 7 nitrogen and oxygen atoms in total. The minimum Gasteiger partial charge on any atom is -0.358 e. The van der Waals surface area contributed by atoms with Gasteiger partial charge in [0.25, 0.3) is 0 Å². The number of anilines is 1. The van der Waals surface area contributed by atoms with E-state index in [0.29, 0.717) is 17.8 Å². The average Bonchev–Trinajstić information content (AvgIpc) is 3.13. The van der Waals surface area contributed by atoms with Crippen molar-refractivity contribution in [2.24, 2.45) is 5.18 Å². The maximum Gasteiger partial charge on any atom is 0.152 e. The SMILES string of the molecule is CN1CCC(N=O)c2nc(-c3cnc(-c4cccnc4)s3)cnc21. The Bertz CT molecular complexity index is 881. The van der Waals surface area contributed by atoms with Crippen LogP contribution in [-0.2, 0) is 0 Å². The van der Waals surface area contributed by atoms with Crippen LogP contribution in [0.1, 0.15) is 18.2 Å². The monoisotopic (exact) mass is 338 g/mol. The van der Waals surface area contributed by atoms with Gasteiger partial charge in [0.2, 0.25) is 0 Å². The molecule has 3 aromatic heterocycles. The predicted octanol–water partition coefficient (Wildman–Crippen LogP) is 3.31. The molecule has 1 unspecified atom stereocenters. The highest BCUT2D eigenvalue weighted by molar-refractivity contribution is 7.18. The lowest BCUT2D eigenvalue weighted by Gasteiger charge is -2.27. The van der Waals surface area contributed by atoms with Crippen molar-refractivity contribution >= 4 is 17.2 Å². The summed E-state index contributed by atoms with van der Waals surface area (Å²) in [5.41, 5.74) is 2.32. The van der Waals surface area contributed by atoms with Gasteiger partial charge in [-0.05, 0) is 18.6 Å². The average molecular weight is 338 g/mol. The van der Waals surface area contributed by atoms with Crippen molar-refractivity contribution in [3.8, 4) is 21.1 Å². The largest absolute Gasteiger partial charge is 0.358 e. The lowest BCUT2D eigenvalue weighted by atomic mass is 10.1. The highest BCUT2D eigenvalue weighted by atomic mass is 32.1. The van der Waals surface area contributed by atoms with Crippen molar-refractivity contribution in [2.45, 2.75) is 12.5 Å². The summed E-state index contributed by atoms with van der Waals surface area (Å²) >= 11 is 1.52. The topological polar surface area (TPSA) is 84.2 Å². The van der Waals surface area contributed by atoms with E-state index in [0.717, 1.165) is 27.8 Å². The third kappa shape index (κ3) is 2.54. The molecule has 4 rings (SSSR count). The summed E-state index contributed by atoms with van der Waals surface area (Å²) < 4.78 is 0. The lowest BCUT2D eigenvalue weighted by molar-refractivity contribution is 0.588. The molecule has 0 amide bonds. The summed E-state index contributed by atoms with van der Waals surface area (Å²) in [4.78, 5) is 31.7. The first-order chi connectivity index (χ1) is 11.8. The Morgan fingerprint density at radius 1 is 1.29 bits per heavy atom. The van der Waals surface area contributed by atoms with E-state index < -0.39 is 6.04 Å². The molecule has 0 saturated carbocycles. The Morgan fingerprint density at radius 3 is 3.00 bits per heavy atom. The fraction of sp³-hybridized carbons (Fsp3) is 0.250. The fourth-order valence-corrected chi connectivity index (χ4v) is 3.57. The molecule has 0 N–H and O–H groups in total. The quantitative estimate of drug-likeness (QED) is 0.681. The maximum atomic E-state index is 11.1. The van der Waals surface area contributed by atoms with Crippen LogP contribution >= 0.6 is 11.3 Å². The van der Waals surface area contributed by atoms with Gasteiger partial charge in [-0.1, -0.05) is 5.18 Å². The maximum absolute atomic E-state index is 11.1. The van der Waals surface area contributed by atoms with E-state index in [-0.39, 0.29) is 0 Å². The van der Waals surface area contributed by atoms with Gasteiger partial charge < -0.3 is 4.90 Å². The molecule has 1 atom stereocenters. The molecule has 0 bridgehead atoms. The summed E-state index contributed by atoms with van der Waals surface area (Å²) in [6.07, 6.45) is 7.68.